The van der Waals surface area contributed by atoms with Crippen LogP contribution in [0.4, 0.5) is 0 Å². The van der Waals surface area contributed by atoms with Crippen LogP contribution in [0.1, 0.15) is 5.69 Å². The number of hydrogen-bond donors (Lipinski definition) is 1. The van der Waals surface area contributed by atoms with Crippen LogP contribution in [0.3, 0.4) is 0 Å². The summed E-state index contributed by atoms with van der Waals surface area (Å²) in [5.74, 6) is 0.642. The van der Waals surface area contributed by atoms with Crippen molar-refractivity contribution >= 4 is 51.2 Å². The lowest BCUT2D eigenvalue weighted by Crippen LogP contribution is -2.17. The van der Waals surface area contributed by atoms with Gasteiger partial charge in [0, 0.05) is 16.8 Å². The minimum Gasteiger partial charge on any atom is -0.497 e. The quantitative estimate of drug-likeness (QED) is 0.559. The molecule has 1 fully saturated rings. The number of thiocarbonyl (C=S) groups is 1. The highest BCUT2D eigenvalue weighted by molar-refractivity contribution is 8.26. The molecule has 2 heterocycles. The summed E-state index contributed by atoms with van der Waals surface area (Å²) in [5, 5.41) is 3.70. The number of nitrogens with one attached hydrogen (secondary N) is 1. The standard InChI is InChI=1S/C19H14N2O2S2/c1-23-15-7-8-16-12(10-15)9-14(11-17-18(22)20-19(24)25-17)21(16)13-5-3-2-4-6-13/h2-11H,1H3,(H,20,22,24)/b17-11-. The topological polar surface area (TPSA) is 43.3 Å². The van der Waals surface area contributed by atoms with E-state index in [4.69, 9.17) is 17.0 Å². The first-order chi connectivity index (χ1) is 12.2. The van der Waals surface area contributed by atoms with Crippen molar-refractivity contribution in [1.82, 2.24) is 9.88 Å². The number of amides is 1. The second kappa shape index (κ2) is 6.38. The van der Waals surface area contributed by atoms with E-state index >= 15 is 0 Å². The highest BCUT2D eigenvalue weighted by atomic mass is 32.2. The maximum absolute atomic E-state index is 12.0. The van der Waals surface area contributed by atoms with Crippen molar-refractivity contribution in [3.8, 4) is 11.4 Å². The van der Waals surface area contributed by atoms with Crippen molar-refractivity contribution in [2.24, 2.45) is 0 Å². The lowest BCUT2D eigenvalue weighted by Gasteiger charge is -2.09. The van der Waals surface area contributed by atoms with E-state index in [1.165, 1.54) is 11.8 Å². The van der Waals surface area contributed by atoms with Gasteiger partial charge in [0.15, 0.2) is 0 Å². The Bertz CT molecular complexity index is 1020. The molecule has 1 aliphatic heterocycles. The van der Waals surface area contributed by atoms with Crippen LogP contribution in [-0.2, 0) is 4.79 Å². The van der Waals surface area contributed by atoms with Gasteiger partial charge in [-0.15, -0.1) is 0 Å². The van der Waals surface area contributed by atoms with E-state index < -0.39 is 0 Å². The van der Waals surface area contributed by atoms with Gasteiger partial charge in [0.05, 0.1) is 17.5 Å². The Kier molecular flexibility index (Phi) is 4.07. The van der Waals surface area contributed by atoms with Crippen molar-refractivity contribution in [2.45, 2.75) is 0 Å². The van der Waals surface area contributed by atoms with Crippen LogP contribution < -0.4 is 10.1 Å². The van der Waals surface area contributed by atoms with E-state index in [1.807, 2.05) is 60.7 Å². The van der Waals surface area contributed by atoms with Gasteiger partial charge >= 0.3 is 0 Å². The number of nitrogens with zero attached hydrogens (tertiary/aromatic N) is 1. The molecule has 1 amide bonds. The number of carbonyl (C=O) groups excluding carboxylic acids is 1. The molecule has 1 aromatic heterocycles. The number of fused-ring (bicyclic) bond motifs is 1. The fraction of sp³-hybridized carbons (Fsp3) is 0.0526. The Morgan fingerprint density at radius 3 is 2.64 bits per heavy atom. The van der Waals surface area contributed by atoms with E-state index in [-0.39, 0.29) is 5.91 Å². The number of aromatic nitrogens is 1. The van der Waals surface area contributed by atoms with E-state index in [0.717, 1.165) is 28.0 Å². The number of benzene rings is 2. The molecule has 1 N–H and O–H groups in total. The maximum atomic E-state index is 12.0. The van der Waals surface area contributed by atoms with Crippen LogP contribution in [0, 0.1) is 0 Å². The smallest absolute Gasteiger partial charge is 0.263 e. The molecule has 0 spiro atoms. The molecule has 0 bridgehead atoms. The molecule has 124 valence electrons. The predicted octanol–water partition coefficient (Wildman–Crippen LogP) is 4.13. The molecule has 0 unspecified atom stereocenters. The molecular formula is C19H14N2O2S2. The fourth-order valence-electron chi connectivity index (χ4n) is 2.87. The number of ether oxygens (including phenoxy) is 1. The lowest BCUT2D eigenvalue weighted by atomic mass is 10.2. The van der Waals surface area contributed by atoms with Crippen LogP contribution in [0.5, 0.6) is 5.75 Å². The number of methoxy groups -OCH3 is 1. The SMILES string of the molecule is COc1ccc2c(c1)cc(/C=C1\SC(=S)NC1=O)n2-c1ccccc1. The largest absolute Gasteiger partial charge is 0.497 e. The first-order valence-corrected chi connectivity index (χ1v) is 8.88. The van der Waals surface area contributed by atoms with Gasteiger partial charge in [-0.25, -0.2) is 0 Å². The third-order valence-corrected chi connectivity index (χ3v) is 5.14. The molecule has 0 radical (unpaired) electrons. The molecule has 0 aliphatic carbocycles. The minimum atomic E-state index is -0.155. The van der Waals surface area contributed by atoms with Crippen LogP contribution in [0.2, 0.25) is 0 Å². The first kappa shape index (κ1) is 15.9. The molecule has 0 atom stereocenters. The van der Waals surface area contributed by atoms with Crippen molar-refractivity contribution in [1.29, 1.82) is 0 Å². The summed E-state index contributed by atoms with van der Waals surface area (Å²) in [6.07, 6.45) is 1.87. The molecule has 6 heteroatoms. The third-order valence-electron chi connectivity index (χ3n) is 3.97. The van der Waals surface area contributed by atoms with Crippen molar-refractivity contribution in [2.75, 3.05) is 7.11 Å². The molecule has 0 saturated carbocycles. The number of hydrogen-bond acceptors (Lipinski definition) is 4. The Balaban J connectivity index is 1.95. The van der Waals surface area contributed by atoms with Gasteiger partial charge < -0.3 is 14.6 Å². The molecule has 3 aromatic rings. The van der Waals surface area contributed by atoms with Crippen molar-refractivity contribution < 1.29 is 9.53 Å². The Hall–Kier alpha value is -2.57. The minimum absolute atomic E-state index is 0.155. The highest BCUT2D eigenvalue weighted by Crippen LogP contribution is 2.32. The summed E-state index contributed by atoms with van der Waals surface area (Å²) < 4.78 is 7.94. The Morgan fingerprint density at radius 1 is 1.16 bits per heavy atom. The predicted molar refractivity (Wildman–Crippen MR) is 106 cm³/mol. The van der Waals surface area contributed by atoms with Crippen molar-refractivity contribution in [3.63, 3.8) is 0 Å². The molecule has 2 aromatic carbocycles. The molecule has 25 heavy (non-hydrogen) atoms. The van der Waals surface area contributed by atoms with Gasteiger partial charge in [-0.1, -0.05) is 42.2 Å². The zero-order chi connectivity index (χ0) is 17.4. The Morgan fingerprint density at radius 2 is 1.96 bits per heavy atom. The number of carbonyl (C=O) groups is 1. The summed E-state index contributed by atoms with van der Waals surface area (Å²) in [7, 11) is 1.65. The summed E-state index contributed by atoms with van der Waals surface area (Å²) in [6.45, 7) is 0. The normalized spacial score (nSPS) is 15.8. The molecule has 4 nitrogen and oxygen atoms in total. The molecule has 1 aliphatic rings. The van der Waals surface area contributed by atoms with Gasteiger partial charge in [0.25, 0.3) is 5.91 Å². The maximum Gasteiger partial charge on any atom is 0.263 e. The zero-order valence-corrected chi connectivity index (χ0v) is 15.0. The lowest BCUT2D eigenvalue weighted by molar-refractivity contribution is -0.115. The molecule has 1 saturated heterocycles. The number of thioether (sulfide) groups is 1. The number of para-hydroxylation sites is 1. The summed E-state index contributed by atoms with van der Waals surface area (Å²) in [5.41, 5.74) is 2.99. The van der Waals surface area contributed by atoms with Gasteiger partial charge in [0.2, 0.25) is 0 Å². The van der Waals surface area contributed by atoms with Crippen molar-refractivity contribution in [3.05, 3.63) is 65.2 Å². The second-order valence-corrected chi connectivity index (χ2v) is 7.24. The van der Waals surface area contributed by atoms with E-state index in [2.05, 4.69) is 9.88 Å². The fourth-order valence-corrected chi connectivity index (χ4v) is 3.90. The van der Waals surface area contributed by atoms with Crippen LogP contribution in [-0.4, -0.2) is 21.9 Å². The van der Waals surface area contributed by atoms with Crippen LogP contribution >= 0.6 is 24.0 Å². The summed E-state index contributed by atoms with van der Waals surface area (Å²) >= 11 is 6.36. The third kappa shape index (κ3) is 2.94. The van der Waals surface area contributed by atoms with E-state index in [0.29, 0.717) is 9.23 Å². The van der Waals surface area contributed by atoms with Crippen LogP contribution in [0.25, 0.3) is 22.7 Å². The van der Waals surface area contributed by atoms with Gasteiger partial charge in [-0.3, -0.25) is 4.79 Å². The first-order valence-electron chi connectivity index (χ1n) is 7.65. The van der Waals surface area contributed by atoms with E-state index in [1.54, 1.807) is 7.11 Å². The Labute approximate surface area is 154 Å². The molecular weight excluding hydrogens is 352 g/mol. The van der Waals surface area contributed by atoms with E-state index in [9.17, 15) is 4.79 Å². The van der Waals surface area contributed by atoms with Gasteiger partial charge in [-0.2, -0.15) is 0 Å². The average molecular weight is 366 g/mol. The zero-order valence-electron chi connectivity index (χ0n) is 13.4. The average Bonchev–Trinajstić information content (AvgIpc) is 3.14. The van der Waals surface area contributed by atoms with Gasteiger partial charge in [0.1, 0.15) is 10.1 Å². The monoisotopic (exact) mass is 366 g/mol. The van der Waals surface area contributed by atoms with Gasteiger partial charge in [-0.05, 0) is 42.5 Å². The highest BCUT2D eigenvalue weighted by Gasteiger charge is 2.23. The summed E-state index contributed by atoms with van der Waals surface area (Å²) in [6, 6.07) is 18.0. The van der Waals surface area contributed by atoms with Crippen LogP contribution in [0.15, 0.2) is 59.5 Å². The summed E-state index contributed by atoms with van der Waals surface area (Å²) in [4.78, 5) is 12.6. The number of rotatable bonds is 3. The molecule has 4 rings (SSSR count). The second-order valence-electron chi connectivity index (χ2n) is 5.52.